The van der Waals surface area contributed by atoms with Gasteiger partial charge >= 0.3 is 0 Å². The van der Waals surface area contributed by atoms with Gasteiger partial charge in [0.2, 0.25) is 0 Å². The van der Waals surface area contributed by atoms with E-state index in [1.807, 2.05) is 30.9 Å². The Morgan fingerprint density at radius 2 is 2.05 bits per heavy atom. The van der Waals surface area contributed by atoms with E-state index in [-0.39, 0.29) is 12.4 Å². The number of benzene rings is 1. The minimum atomic E-state index is 0. The molecule has 2 N–H and O–H groups in total. The molecule has 2 aliphatic heterocycles. The van der Waals surface area contributed by atoms with Crippen LogP contribution in [0.15, 0.2) is 36.7 Å². The van der Waals surface area contributed by atoms with Crippen LogP contribution in [-0.2, 0) is 0 Å². The van der Waals surface area contributed by atoms with Crippen molar-refractivity contribution in [3.05, 3.63) is 36.7 Å². The normalized spacial score (nSPS) is 20.9. The lowest BCUT2D eigenvalue weighted by Crippen LogP contribution is -3.00. The Bertz CT molecular complexity index is 457. The van der Waals surface area contributed by atoms with Crippen molar-refractivity contribution < 1.29 is 12.4 Å². The van der Waals surface area contributed by atoms with Gasteiger partial charge in [-0.2, -0.15) is 0 Å². The van der Waals surface area contributed by atoms with Gasteiger partial charge in [-0.05, 0) is 30.7 Å². The molecule has 1 radical (unpaired) electrons. The molecule has 3 rings (SSSR count). The van der Waals surface area contributed by atoms with Crippen molar-refractivity contribution in [1.82, 2.24) is 9.89 Å². The van der Waals surface area contributed by atoms with E-state index in [0.29, 0.717) is 5.92 Å². The van der Waals surface area contributed by atoms with Crippen LogP contribution in [0.5, 0.6) is 0 Å². The SMILES string of the molecule is Nc1ccc(N2CCC(CN3C=C[N+]=C3)C2)cc1.[Cl-]. The summed E-state index contributed by atoms with van der Waals surface area (Å²) in [5.41, 5.74) is 7.82. The summed E-state index contributed by atoms with van der Waals surface area (Å²) < 4.78 is 0. The number of nitrogens with zero attached hydrogens (tertiary/aromatic N) is 3. The monoisotopic (exact) mass is 277 g/mol. The molecule has 1 aromatic carbocycles. The number of anilines is 2. The van der Waals surface area contributed by atoms with Gasteiger partial charge in [0, 0.05) is 30.4 Å². The highest BCUT2D eigenvalue weighted by Crippen LogP contribution is 2.25. The van der Waals surface area contributed by atoms with Crippen LogP contribution < -0.4 is 28.0 Å². The minimum absolute atomic E-state index is 0. The summed E-state index contributed by atoms with van der Waals surface area (Å²) in [4.78, 5) is 8.68. The highest BCUT2D eigenvalue weighted by atomic mass is 35.5. The Labute approximate surface area is 120 Å². The Morgan fingerprint density at radius 1 is 1.26 bits per heavy atom. The van der Waals surface area contributed by atoms with Crippen molar-refractivity contribution in [2.75, 3.05) is 30.3 Å². The summed E-state index contributed by atoms with van der Waals surface area (Å²) in [6.45, 7) is 3.30. The van der Waals surface area contributed by atoms with Crippen molar-refractivity contribution in [3.63, 3.8) is 0 Å². The molecule has 19 heavy (non-hydrogen) atoms. The number of hydrogen-bond donors (Lipinski definition) is 1. The van der Waals surface area contributed by atoms with Gasteiger partial charge in [-0.25, -0.2) is 4.90 Å². The van der Waals surface area contributed by atoms with Crippen LogP contribution in [-0.4, -0.2) is 30.9 Å². The van der Waals surface area contributed by atoms with Gasteiger partial charge in [0.05, 0.1) is 6.54 Å². The van der Waals surface area contributed by atoms with E-state index in [4.69, 9.17) is 5.73 Å². The predicted octanol–water partition coefficient (Wildman–Crippen LogP) is -1.75. The van der Waals surface area contributed by atoms with E-state index in [9.17, 15) is 0 Å². The number of aliphatic imine (C=N–C) groups is 1. The third-order valence-corrected chi connectivity index (χ3v) is 3.57. The largest absolute Gasteiger partial charge is 1.00 e. The number of halogens is 1. The first-order chi connectivity index (χ1) is 8.81. The molecule has 0 spiro atoms. The van der Waals surface area contributed by atoms with Crippen molar-refractivity contribution in [2.24, 2.45) is 5.92 Å². The van der Waals surface area contributed by atoms with Crippen molar-refractivity contribution in [1.29, 1.82) is 0 Å². The lowest BCUT2D eigenvalue weighted by atomic mass is 10.1. The third kappa shape index (κ3) is 3.20. The Kier molecular flexibility index (Phi) is 4.32. The number of hydrogen-bond acceptors (Lipinski definition) is 4. The average molecular weight is 278 g/mol. The standard InChI is InChI=1S/C14H18N4.ClH/c15-13-1-3-14(4-2-13)18-7-5-12(10-18)9-17-8-6-16-11-17;/h1-4,6,8,11-12H,5,7,9-10,15H2;1H/q+1;/p-1. The second kappa shape index (κ2) is 5.97. The first-order valence-corrected chi connectivity index (χ1v) is 6.37. The molecule has 0 aromatic heterocycles. The molecule has 0 amide bonds. The van der Waals surface area contributed by atoms with E-state index >= 15 is 0 Å². The zero-order valence-corrected chi connectivity index (χ0v) is 11.5. The molecule has 101 valence electrons. The summed E-state index contributed by atoms with van der Waals surface area (Å²) >= 11 is 0. The molecule has 0 bridgehead atoms. The van der Waals surface area contributed by atoms with Crippen LogP contribution in [0.1, 0.15) is 6.42 Å². The lowest BCUT2D eigenvalue weighted by molar-refractivity contribution is -0.00000368. The smallest absolute Gasteiger partial charge is 0.286 e. The van der Waals surface area contributed by atoms with Crippen LogP contribution in [0.2, 0.25) is 0 Å². The maximum Gasteiger partial charge on any atom is 0.286 e. The Hall–Kier alpha value is -1.68. The molecule has 1 saturated heterocycles. The maximum atomic E-state index is 5.71. The summed E-state index contributed by atoms with van der Waals surface area (Å²) in [5, 5.41) is 0. The fraction of sp³-hybridized carbons (Fsp3) is 0.357. The lowest BCUT2D eigenvalue weighted by Gasteiger charge is -2.19. The molecule has 5 heteroatoms. The molecule has 0 saturated carbocycles. The van der Waals surface area contributed by atoms with Crippen LogP contribution >= 0.6 is 0 Å². The van der Waals surface area contributed by atoms with Crippen LogP contribution in [0.3, 0.4) is 0 Å². The number of nitrogen functional groups attached to an aromatic ring is 1. The highest BCUT2D eigenvalue weighted by molar-refractivity contribution is 5.58. The predicted molar refractivity (Wildman–Crippen MR) is 75.2 cm³/mol. The van der Waals surface area contributed by atoms with Crippen molar-refractivity contribution >= 4 is 17.7 Å². The number of nitrogens with two attached hydrogens (primary N) is 1. The van der Waals surface area contributed by atoms with Crippen molar-refractivity contribution in [2.45, 2.75) is 6.42 Å². The molecular formula is C14H18ClN4. The van der Waals surface area contributed by atoms with Gasteiger partial charge in [0.1, 0.15) is 6.20 Å². The fourth-order valence-electron chi connectivity index (χ4n) is 2.59. The molecule has 0 aliphatic carbocycles. The van der Waals surface area contributed by atoms with Gasteiger partial charge < -0.3 is 23.0 Å². The van der Waals surface area contributed by atoms with Crippen molar-refractivity contribution in [3.8, 4) is 0 Å². The van der Waals surface area contributed by atoms with Gasteiger partial charge in [0.15, 0.2) is 6.20 Å². The van der Waals surface area contributed by atoms with E-state index in [1.54, 1.807) is 0 Å². The molecular weight excluding hydrogens is 260 g/mol. The molecule has 1 unspecified atom stereocenters. The summed E-state index contributed by atoms with van der Waals surface area (Å²) in [6, 6.07) is 8.15. The number of rotatable bonds is 3. The second-order valence-electron chi connectivity index (χ2n) is 4.95. The van der Waals surface area contributed by atoms with E-state index in [1.165, 1.54) is 12.1 Å². The quantitative estimate of drug-likeness (QED) is 0.667. The van der Waals surface area contributed by atoms with Gasteiger partial charge in [0.25, 0.3) is 6.34 Å². The third-order valence-electron chi connectivity index (χ3n) is 3.57. The van der Waals surface area contributed by atoms with Gasteiger partial charge in [-0.1, -0.05) is 4.99 Å². The molecule has 4 nitrogen and oxygen atoms in total. The van der Waals surface area contributed by atoms with E-state index in [2.05, 4.69) is 26.9 Å². The van der Waals surface area contributed by atoms with Crippen LogP contribution in [0.25, 0.3) is 0 Å². The Morgan fingerprint density at radius 3 is 2.74 bits per heavy atom. The fourth-order valence-corrected chi connectivity index (χ4v) is 2.59. The summed E-state index contributed by atoms with van der Waals surface area (Å²) in [5.74, 6) is 0.705. The minimum Gasteiger partial charge on any atom is -1.00 e. The maximum absolute atomic E-state index is 5.71. The van der Waals surface area contributed by atoms with Crippen LogP contribution in [0.4, 0.5) is 11.4 Å². The molecule has 2 aliphatic rings. The molecule has 2 heterocycles. The first kappa shape index (κ1) is 13.7. The topological polar surface area (TPSA) is 46.6 Å². The second-order valence-corrected chi connectivity index (χ2v) is 4.95. The van der Waals surface area contributed by atoms with Gasteiger partial charge in [-0.15, -0.1) is 0 Å². The first-order valence-electron chi connectivity index (χ1n) is 6.37. The molecule has 1 atom stereocenters. The van der Waals surface area contributed by atoms with E-state index < -0.39 is 0 Å². The van der Waals surface area contributed by atoms with E-state index in [0.717, 1.165) is 25.3 Å². The zero-order chi connectivity index (χ0) is 12.4. The Balaban J connectivity index is 0.00000133. The zero-order valence-electron chi connectivity index (χ0n) is 10.7. The molecule has 1 aromatic rings. The highest BCUT2D eigenvalue weighted by Gasteiger charge is 2.26. The van der Waals surface area contributed by atoms with Crippen LogP contribution in [0, 0.1) is 5.92 Å². The molecule has 1 fully saturated rings. The summed E-state index contributed by atoms with van der Waals surface area (Å²) in [6.07, 6.45) is 7.01. The summed E-state index contributed by atoms with van der Waals surface area (Å²) in [7, 11) is 0. The average Bonchev–Trinajstić information content (AvgIpc) is 3.02. The van der Waals surface area contributed by atoms with Gasteiger partial charge in [-0.3, -0.25) is 0 Å².